The third kappa shape index (κ3) is 5.16. The van der Waals surface area contributed by atoms with Gasteiger partial charge in [-0.3, -0.25) is 0 Å². The van der Waals surface area contributed by atoms with E-state index >= 15 is 0 Å². The number of alkyl halides is 2. The lowest BCUT2D eigenvalue weighted by Gasteiger charge is -2.30. The first-order valence-corrected chi connectivity index (χ1v) is 8.40. The van der Waals surface area contributed by atoms with E-state index < -0.39 is 35.5 Å². The minimum Gasteiger partial charge on any atom is -0.488 e. The van der Waals surface area contributed by atoms with Crippen LogP contribution in [0.5, 0.6) is 5.75 Å². The zero-order valence-corrected chi connectivity index (χ0v) is 15.9. The van der Waals surface area contributed by atoms with Crippen LogP contribution in [0.4, 0.5) is 8.78 Å². The highest BCUT2D eigenvalue weighted by Gasteiger charge is 2.51. The van der Waals surface area contributed by atoms with Crippen LogP contribution in [0.15, 0.2) is 24.3 Å². The summed E-state index contributed by atoms with van der Waals surface area (Å²) in [6.07, 6.45) is -2.07. The van der Waals surface area contributed by atoms with Crippen molar-refractivity contribution in [3.8, 4) is 5.75 Å². The van der Waals surface area contributed by atoms with Gasteiger partial charge in [-0.2, -0.15) is 8.78 Å². The number of halogens is 2. The zero-order valence-electron chi connectivity index (χ0n) is 15.9. The summed E-state index contributed by atoms with van der Waals surface area (Å²) in [5, 5.41) is 8.68. The Morgan fingerprint density at radius 3 is 1.92 bits per heavy atom. The molecule has 0 fully saturated rings. The monoisotopic (exact) mass is 372 g/mol. The van der Waals surface area contributed by atoms with E-state index in [1.54, 1.807) is 12.1 Å². The van der Waals surface area contributed by atoms with E-state index in [-0.39, 0.29) is 11.5 Å². The predicted molar refractivity (Wildman–Crippen MR) is 92.6 cm³/mol. The van der Waals surface area contributed by atoms with Gasteiger partial charge in [0, 0.05) is 0 Å². The van der Waals surface area contributed by atoms with Crippen LogP contribution in [-0.2, 0) is 9.53 Å². The van der Waals surface area contributed by atoms with Crippen LogP contribution in [0.3, 0.4) is 0 Å². The van der Waals surface area contributed by atoms with Crippen molar-refractivity contribution in [1.29, 1.82) is 0 Å². The molecule has 0 aromatic heterocycles. The summed E-state index contributed by atoms with van der Waals surface area (Å²) in [4.78, 5) is 22.9. The SMILES string of the molecule is CC(C)C(OC(=O)c1ccc(OC(C)(C)C(C)C)cc1)C(F)(F)C(=O)O. The third-order valence-corrected chi connectivity index (χ3v) is 4.34. The lowest BCUT2D eigenvalue weighted by atomic mass is 9.94. The van der Waals surface area contributed by atoms with E-state index in [4.69, 9.17) is 14.6 Å². The van der Waals surface area contributed by atoms with Crippen molar-refractivity contribution in [2.75, 3.05) is 0 Å². The van der Waals surface area contributed by atoms with Gasteiger partial charge in [0.25, 0.3) is 0 Å². The number of carboxylic acids is 1. The highest BCUT2D eigenvalue weighted by molar-refractivity contribution is 5.90. The van der Waals surface area contributed by atoms with Gasteiger partial charge in [-0.25, -0.2) is 9.59 Å². The summed E-state index contributed by atoms with van der Waals surface area (Å²) in [6, 6.07) is 5.87. The highest BCUT2D eigenvalue weighted by Crippen LogP contribution is 2.29. The molecule has 146 valence electrons. The molecule has 0 amide bonds. The molecule has 0 aliphatic heterocycles. The second-order valence-corrected chi connectivity index (χ2v) is 7.38. The van der Waals surface area contributed by atoms with E-state index in [9.17, 15) is 18.4 Å². The molecule has 5 nitrogen and oxygen atoms in total. The van der Waals surface area contributed by atoms with Crippen molar-refractivity contribution >= 4 is 11.9 Å². The lowest BCUT2D eigenvalue weighted by molar-refractivity contribution is -0.187. The van der Waals surface area contributed by atoms with Crippen LogP contribution in [0.25, 0.3) is 0 Å². The van der Waals surface area contributed by atoms with Gasteiger partial charge in [0.2, 0.25) is 0 Å². The van der Waals surface area contributed by atoms with E-state index in [0.29, 0.717) is 5.75 Å². The Morgan fingerprint density at radius 1 is 1.04 bits per heavy atom. The molecular formula is C19H26F2O5. The molecule has 0 aliphatic rings. The molecule has 1 aromatic carbocycles. The molecule has 0 saturated heterocycles. The molecule has 0 spiro atoms. The van der Waals surface area contributed by atoms with Crippen LogP contribution in [0, 0.1) is 11.8 Å². The molecule has 0 aliphatic carbocycles. The van der Waals surface area contributed by atoms with Gasteiger partial charge >= 0.3 is 17.9 Å². The molecule has 0 bridgehead atoms. The molecule has 1 N–H and O–H groups in total. The number of ether oxygens (including phenoxy) is 2. The number of carbonyl (C=O) groups excluding carboxylic acids is 1. The number of hydrogen-bond acceptors (Lipinski definition) is 4. The van der Waals surface area contributed by atoms with Crippen LogP contribution >= 0.6 is 0 Å². The van der Waals surface area contributed by atoms with E-state index in [2.05, 4.69) is 0 Å². The average Bonchev–Trinajstić information content (AvgIpc) is 2.51. The Kier molecular flexibility index (Phi) is 6.74. The Morgan fingerprint density at radius 2 is 1.54 bits per heavy atom. The first kappa shape index (κ1) is 21.9. The fourth-order valence-corrected chi connectivity index (χ4v) is 2.01. The Bertz CT molecular complexity index is 636. The number of esters is 1. The Hall–Kier alpha value is -2.18. The second kappa shape index (κ2) is 8.01. The largest absolute Gasteiger partial charge is 0.488 e. The molecule has 1 rings (SSSR count). The number of carboxylic acid groups (broad SMARTS) is 1. The molecule has 1 aromatic rings. The first-order chi connectivity index (χ1) is 11.8. The minimum atomic E-state index is -4.17. The third-order valence-electron chi connectivity index (χ3n) is 4.34. The van der Waals surface area contributed by atoms with Crippen LogP contribution in [0.1, 0.15) is 51.9 Å². The van der Waals surface area contributed by atoms with Crippen molar-refractivity contribution in [2.24, 2.45) is 11.8 Å². The average molecular weight is 372 g/mol. The number of hydrogen-bond donors (Lipinski definition) is 1. The molecule has 0 radical (unpaired) electrons. The number of carbonyl (C=O) groups is 2. The molecular weight excluding hydrogens is 346 g/mol. The van der Waals surface area contributed by atoms with Crippen molar-refractivity contribution in [1.82, 2.24) is 0 Å². The number of benzene rings is 1. The van der Waals surface area contributed by atoms with Gasteiger partial charge in [-0.15, -0.1) is 0 Å². The summed E-state index contributed by atoms with van der Waals surface area (Å²) in [6.45, 7) is 10.6. The van der Waals surface area contributed by atoms with Gasteiger partial charge in [0.05, 0.1) is 5.56 Å². The topological polar surface area (TPSA) is 72.8 Å². The van der Waals surface area contributed by atoms with E-state index in [1.165, 1.54) is 26.0 Å². The predicted octanol–water partition coefficient (Wildman–Crippen LogP) is 4.40. The van der Waals surface area contributed by atoms with Gasteiger partial charge in [0.1, 0.15) is 11.4 Å². The Balaban J connectivity index is 2.92. The maximum Gasteiger partial charge on any atom is 0.378 e. The van der Waals surface area contributed by atoms with Gasteiger partial charge in [-0.1, -0.05) is 27.7 Å². The standard InChI is InChI=1S/C19H26F2O5/c1-11(2)15(19(20,21)17(23)24)25-16(22)13-7-9-14(10-8-13)26-18(5,6)12(3)4/h7-12,15H,1-6H3,(H,23,24). The Labute approximate surface area is 152 Å². The van der Waals surface area contributed by atoms with Crippen LogP contribution in [-0.4, -0.2) is 34.7 Å². The fraction of sp³-hybridized carbons (Fsp3) is 0.579. The van der Waals surface area contributed by atoms with Crippen LogP contribution < -0.4 is 4.74 Å². The fourth-order valence-electron chi connectivity index (χ4n) is 2.01. The van der Waals surface area contributed by atoms with Crippen LogP contribution in [0.2, 0.25) is 0 Å². The first-order valence-electron chi connectivity index (χ1n) is 8.40. The smallest absolute Gasteiger partial charge is 0.378 e. The van der Waals surface area contributed by atoms with Crippen molar-refractivity contribution < 1.29 is 33.0 Å². The number of rotatable bonds is 8. The normalized spacial score (nSPS) is 13.6. The van der Waals surface area contributed by atoms with Crippen molar-refractivity contribution in [2.45, 2.75) is 59.2 Å². The summed E-state index contributed by atoms with van der Waals surface area (Å²) in [7, 11) is 0. The minimum absolute atomic E-state index is 0.0338. The maximum atomic E-state index is 13.8. The molecule has 0 saturated carbocycles. The molecule has 26 heavy (non-hydrogen) atoms. The van der Waals surface area contributed by atoms with Gasteiger partial charge < -0.3 is 14.6 Å². The molecule has 7 heteroatoms. The van der Waals surface area contributed by atoms with Gasteiger partial charge in [-0.05, 0) is 49.9 Å². The zero-order chi connectivity index (χ0) is 20.3. The van der Waals surface area contributed by atoms with Gasteiger partial charge in [0.15, 0.2) is 6.10 Å². The van der Waals surface area contributed by atoms with Crippen molar-refractivity contribution in [3.05, 3.63) is 29.8 Å². The second-order valence-electron chi connectivity index (χ2n) is 7.38. The molecule has 0 heterocycles. The lowest BCUT2D eigenvalue weighted by Crippen LogP contribution is -2.47. The summed E-state index contributed by atoms with van der Waals surface area (Å²) in [5.74, 6) is -7.62. The summed E-state index contributed by atoms with van der Waals surface area (Å²) < 4.78 is 38.2. The molecule has 1 unspecified atom stereocenters. The van der Waals surface area contributed by atoms with E-state index in [0.717, 1.165) is 0 Å². The quantitative estimate of drug-likeness (QED) is 0.685. The summed E-state index contributed by atoms with van der Waals surface area (Å²) >= 11 is 0. The number of aliphatic carboxylic acids is 1. The van der Waals surface area contributed by atoms with E-state index in [1.807, 2.05) is 27.7 Å². The maximum absolute atomic E-state index is 13.8. The molecule has 1 atom stereocenters. The van der Waals surface area contributed by atoms with Crippen molar-refractivity contribution in [3.63, 3.8) is 0 Å². The highest BCUT2D eigenvalue weighted by atomic mass is 19.3. The summed E-state index contributed by atoms with van der Waals surface area (Å²) in [5.41, 5.74) is -0.388.